The Bertz CT molecular complexity index is 1230. The Morgan fingerprint density at radius 2 is 1.89 bits per heavy atom. The highest BCUT2D eigenvalue weighted by atomic mass is 32.1. The van der Waals surface area contributed by atoms with Crippen LogP contribution in [-0.4, -0.2) is 29.6 Å². The summed E-state index contributed by atoms with van der Waals surface area (Å²) in [6.07, 6.45) is 9.34. The monoisotopic (exact) mass is 388 g/mol. The lowest BCUT2D eigenvalue weighted by molar-refractivity contribution is 0.102. The summed E-state index contributed by atoms with van der Waals surface area (Å²) in [5.41, 5.74) is 3.14. The number of aromatic nitrogens is 5. The van der Waals surface area contributed by atoms with Gasteiger partial charge in [-0.25, -0.2) is 4.98 Å². The Hall–Kier alpha value is -3.65. The van der Waals surface area contributed by atoms with Crippen LogP contribution in [0.1, 0.15) is 10.4 Å². The minimum Gasteiger partial charge on any atom is -0.322 e. The second-order valence-corrected chi connectivity index (χ2v) is 7.22. The van der Waals surface area contributed by atoms with Crippen LogP contribution >= 0.6 is 11.3 Å². The van der Waals surface area contributed by atoms with Crippen LogP contribution in [0.4, 0.5) is 5.69 Å². The van der Waals surface area contributed by atoms with E-state index < -0.39 is 0 Å². The van der Waals surface area contributed by atoms with E-state index in [1.54, 1.807) is 22.2 Å². The van der Waals surface area contributed by atoms with Crippen LogP contribution in [0.3, 0.4) is 0 Å². The van der Waals surface area contributed by atoms with E-state index in [9.17, 15) is 4.79 Å². The summed E-state index contributed by atoms with van der Waals surface area (Å²) < 4.78 is 5.55. The lowest BCUT2D eigenvalue weighted by Crippen LogP contribution is -2.14. The highest BCUT2D eigenvalue weighted by molar-refractivity contribution is 7.15. The van der Waals surface area contributed by atoms with E-state index in [0.29, 0.717) is 5.56 Å². The van der Waals surface area contributed by atoms with Crippen molar-refractivity contribution in [2.45, 2.75) is 0 Å². The minimum atomic E-state index is -0.202. The average molecular weight is 388 g/mol. The summed E-state index contributed by atoms with van der Waals surface area (Å²) in [5, 5.41) is 9.18. The minimum absolute atomic E-state index is 0.202. The average Bonchev–Trinajstić information content (AvgIpc) is 3.46. The number of amides is 1. The van der Waals surface area contributed by atoms with E-state index in [0.717, 1.165) is 27.7 Å². The second kappa shape index (κ2) is 6.50. The number of benzene rings is 1. The van der Waals surface area contributed by atoms with Gasteiger partial charge in [0, 0.05) is 48.5 Å². The van der Waals surface area contributed by atoms with Gasteiger partial charge >= 0.3 is 0 Å². The van der Waals surface area contributed by atoms with E-state index >= 15 is 0 Å². The fourth-order valence-electron chi connectivity index (χ4n) is 3.16. The summed E-state index contributed by atoms with van der Waals surface area (Å²) in [7, 11) is 1.82. The zero-order chi connectivity index (χ0) is 19.1. The van der Waals surface area contributed by atoms with E-state index in [2.05, 4.69) is 15.4 Å². The number of aryl methyl sites for hydroxylation is 1. The molecule has 8 heteroatoms. The van der Waals surface area contributed by atoms with Gasteiger partial charge in [0.1, 0.15) is 11.4 Å². The zero-order valence-electron chi connectivity index (χ0n) is 15.0. The van der Waals surface area contributed by atoms with Crippen LogP contribution in [0.5, 0.6) is 0 Å². The maximum Gasteiger partial charge on any atom is 0.261 e. The topological polar surface area (TPSA) is 69.2 Å². The molecule has 0 bridgehead atoms. The molecule has 4 aromatic heterocycles. The third-order valence-electron chi connectivity index (χ3n) is 4.53. The van der Waals surface area contributed by atoms with Gasteiger partial charge in [0.15, 0.2) is 4.96 Å². The molecule has 0 saturated carbocycles. The molecule has 4 heterocycles. The van der Waals surface area contributed by atoms with Gasteiger partial charge < -0.3 is 9.88 Å². The van der Waals surface area contributed by atoms with Crippen LogP contribution in [0, 0.1) is 0 Å². The van der Waals surface area contributed by atoms with Gasteiger partial charge in [-0.05, 0) is 24.3 Å². The van der Waals surface area contributed by atoms with Gasteiger partial charge in [0.25, 0.3) is 5.91 Å². The summed E-state index contributed by atoms with van der Waals surface area (Å²) in [5.74, 6) is 0.518. The molecule has 0 spiro atoms. The molecule has 1 N–H and O–H groups in total. The first-order chi connectivity index (χ1) is 13.7. The molecule has 0 aliphatic heterocycles. The largest absolute Gasteiger partial charge is 0.322 e. The Kier molecular flexibility index (Phi) is 3.84. The Labute approximate surface area is 164 Å². The number of thiazole rings is 1. The first-order valence-electron chi connectivity index (χ1n) is 8.68. The number of anilines is 1. The molecule has 0 radical (unpaired) electrons. The first kappa shape index (κ1) is 16.5. The second-order valence-electron chi connectivity index (χ2n) is 6.35. The van der Waals surface area contributed by atoms with Crippen molar-refractivity contribution < 1.29 is 4.79 Å². The number of nitrogens with zero attached hydrogens (tertiary/aromatic N) is 5. The van der Waals surface area contributed by atoms with Crippen molar-refractivity contribution in [1.29, 1.82) is 0 Å². The van der Waals surface area contributed by atoms with Crippen molar-refractivity contribution in [3.05, 3.63) is 78.3 Å². The van der Waals surface area contributed by atoms with Gasteiger partial charge in [0.2, 0.25) is 0 Å². The Morgan fingerprint density at radius 1 is 1.11 bits per heavy atom. The smallest absolute Gasteiger partial charge is 0.261 e. The van der Waals surface area contributed by atoms with Crippen molar-refractivity contribution in [1.82, 2.24) is 23.7 Å². The van der Waals surface area contributed by atoms with Gasteiger partial charge in [-0.2, -0.15) is 5.10 Å². The molecule has 0 fully saturated rings. The molecule has 7 nitrogen and oxygen atoms in total. The van der Waals surface area contributed by atoms with E-state index in [1.165, 1.54) is 0 Å². The summed E-state index contributed by atoms with van der Waals surface area (Å²) >= 11 is 1.60. The normalized spacial score (nSPS) is 11.2. The molecule has 138 valence electrons. The van der Waals surface area contributed by atoms with Gasteiger partial charge in [0.05, 0.1) is 11.9 Å². The van der Waals surface area contributed by atoms with Crippen LogP contribution in [0.25, 0.3) is 22.0 Å². The number of carbonyl (C=O) groups is 1. The molecule has 0 saturated heterocycles. The van der Waals surface area contributed by atoms with Crippen molar-refractivity contribution >= 4 is 27.9 Å². The number of nitrogens with one attached hydrogen (secondary N) is 1. The van der Waals surface area contributed by atoms with Crippen molar-refractivity contribution in [2.24, 2.45) is 7.05 Å². The predicted octanol–water partition coefficient (Wildman–Crippen LogP) is 3.84. The molecular formula is C20H16N6OS. The van der Waals surface area contributed by atoms with Crippen molar-refractivity contribution in [3.8, 4) is 17.1 Å². The van der Waals surface area contributed by atoms with Crippen molar-refractivity contribution in [2.75, 3.05) is 5.32 Å². The summed E-state index contributed by atoms with van der Waals surface area (Å²) in [6, 6.07) is 11.5. The van der Waals surface area contributed by atoms with Crippen molar-refractivity contribution in [3.63, 3.8) is 0 Å². The molecule has 1 amide bonds. The number of carbonyl (C=O) groups excluding carboxylic acids is 1. The third-order valence-corrected chi connectivity index (χ3v) is 5.30. The van der Waals surface area contributed by atoms with Crippen LogP contribution in [-0.2, 0) is 7.05 Å². The molecule has 0 atom stereocenters. The SMILES string of the molecule is Cn1ncc(C(=O)Nc2ccc(-c3cn4ccsc4n3)cc2)c1-n1cccc1. The highest BCUT2D eigenvalue weighted by Gasteiger charge is 2.17. The quantitative estimate of drug-likeness (QED) is 0.509. The Balaban J connectivity index is 1.38. The maximum absolute atomic E-state index is 12.8. The molecule has 5 rings (SSSR count). The van der Waals surface area contributed by atoms with E-state index in [1.807, 2.05) is 82.6 Å². The van der Waals surface area contributed by atoms with E-state index in [4.69, 9.17) is 0 Å². The fraction of sp³-hybridized carbons (Fsp3) is 0.0500. The molecule has 28 heavy (non-hydrogen) atoms. The summed E-state index contributed by atoms with van der Waals surface area (Å²) in [6.45, 7) is 0. The first-order valence-corrected chi connectivity index (χ1v) is 9.56. The number of fused-ring (bicyclic) bond motifs is 1. The molecule has 0 aliphatic carbocycles. The third kappa shape index (κ3) is 2.80. The predicted molar refractivity (Wildman–Crippen MR) is 109 cm³/mol. The zero-order valence-corrected chi connectivity index (χ0v) is 15.8. The number of hydrogen-bond acceptors (Lipinski definition) is 4. The van der Waals surface area contributed by atoms with Gasteiger partial charge in [-0.3, -0.25) is 13.9 Å². The lowest BCUT2D eigenvalue weighted by Gasteiger charge is -2.09. The molecule has 0 aliphatic rings. The molecular weight excluding hydrogens is 372 g/mol. The van der Waals surface area contributed by atoms with Gasteiger partial charge in [-0.1, -0.05) is 12.1 Å². The lowest BCUT2D eigenvalue weighted by atomic mass is 10.1. The molecule has 1 aromatic carbocycles. The Morgan fingerprint density at radius 3 is 2.64 bits per heavy atom. The number of hydrogen-bond donors (Lipinski definition) is 1. The van der Waals surface area contributed by atoms with Crippen LogP contribution < -0.4 is 5.32 Å². The number of imidazole rings is 1. The molecule has 5 aromatic rings. The summed E-state index contributed by atoms with van der Waals surface area (Å²) in [4.78, 5) is 18.4. The van der Waals surface area contributed by atoms with Gasteiger partial charge in [-0.15, -0.1) is 11.3 Å². The standard InChI is InChI=1S/C20H16N6OS/c1-24-19(25-8-2-3-9-25)16(12-21-24)18(27)22-15-6-4-14(5-7-15)17-13-26-10-11-28-20(26)23-17/h2-13H,1H3,(H,22,27). The fourth-order valence-corrected chi connectivity index (χ4v) is 3.86. The molecule has 0 unspecified atom stereocenters. The highest BCUT2D eigenvalue weighted by Crippen LogP contribution is 2.23. The van der Waals surface area contributed by atoms with Crippen LogP contribution in [0.2, 0.25) is 0 Å². The van der Waals surface area contributed by atoms with Crippen LogP contribution in [0.15, 0.2) is 72.8 Å². The van der Waals surface area contributed by atoms with E-state index in [-0.39, 0.29) is 5.91 Å². The maximum atomic E-state index is 12.8. The number of rotatable bonds is 4.